The second-order valence-corrected chi connectivity index (χ2v) is 3.02. The van der Waals surface area contributed by atoms with E-state index in [0.717, 1.165) is 0 Å². The van der Waals surface area contributed by atoms with Gasteiger partial charge in [0.15, 0.2) is 0 Å². The van der Waals surface area contributed by atoms with Crippen molar-refractivity contribution in [3.05, 3.63) is 0 Å². The van der Waals surface area contributed by atoms with Crippen LogP contribution in [0.4, 0.5) is 0 Å². The lowest BCUT2D eigenvalue weighted by atomic mass is 9.97. The summed E-state index contributed by atoms with van der Waals surface area (Å²) in [5, 5.41) is 36.9. The molecular weight excluding hydrogens is 180 g/mol. The van der Waals surface area contributed by atoms with Crippen molar-refractivity contribution < 1.29 is 29.9 Å². The van der Waals surface area contributed by atoms with Crippen LogP contribution in [0.3, 0.4) is 0 Å². The number of aliphatic hydroxyl groups is 4. The van der Waals surface area contributed by atoms with E-state index in [1.54, 1.807) is 0 Å². The van der Waals surface area contributed by atoms with E-state index in [0.29, 0.717) is 0 Å². The number of aliphatic hydroxyl groups excluding tert-OH is 3. The normalized spacial score (nSPS) is 46.4. The molecule has 0 aromatic rings. The number of methoxy groups -OCH3 is 1. The van der Waals surface area contributed by atoms with Crippen molar-refractivity contribution in [1.29, 1.82) is 0 Å². The highest BCUT2D eigenvalue weighted by Gasteiger charge is 2.48. The summed E-state index contributed by atoms with van der Waals surface area (Å²) in [6.07, 6.45) is -3.72. The van der Waals surface area contributed by atoms with Gasteiger partial charge in [0.25, 0.3) is 0 Å². The molecule has 1 aliphatic rings. The van der Waals surface area contributed by atoms with E-state index in [1.807, 2.05) is 0 Å². The number of rotatable bonds is 2. The Balaban J connectivity index is 2.69. The molecule has 4 unspecified atom stereocenters. The lowest BCUT2D eigenvalue weighted by Gasteiger charge is -2.41. The summed E-state index contributed by atoms with van der Waals surface area (Å²) >= 11 is 0. The van der Waals surface area contributed by atoms with E-state index in [2.05, 4.69) is 4.74 Å². The minimum atomic E-state index is -1.90. The van der Waals surface area contributed by atoms with E-state index < -0.39 is 30.7 Å². The lowest BCUT2D eigenvalue weighted by molar-refractivity contribution is -0.329. The Labute approximate surface area is 75.3 Å². The molecule has 0 radical (unpaired) electrons. The summed E-state index contributed by atoms with van der Waals surface area (Å²) in [7, 11) is 1.19. The highest BCUT2D eigenvalue weighted by atomic mass is 16.7. The summed E-state index contributed by atoms with van der Waals surface area (Å²) in [4.78, 5) is 0. The molecule has 1 aliphatic heterocycles. The zero-order chi connectivity index (χ0) is 10.1. The molecule has 6 nitrogen and oxygen atoms in total. The van der Waals surface area contributed by atoms with Gasteiger partial charge >= 0.3 is 0 Å². The van der Waals surface area contributed by atoms with Crippen LogP contribution in [-0.2, 0) is 9.47 Å². The van der Waals surface area contributed by atoms with Crippen LogP contribution in [-0.4, -0.2) is 64.8 Å². The maximum absolute atomic E-state index is 9.49. The van der Waals surface area contributed by atoms with Crippen LogP contribution in [0.25, 0.3) is 0 Å². The van der Waals surface area contributed by atoms with E-state index in [9.17, 15) is 15.3 Å². The Kier molecular flexibility index (Phi) is 3.23. The predicted octanol–water partition coefficient (Wildman–Crippen LogP) is -2.57. The van der Waals surface area contributed by atoms with Gasteiger partial charge in [0.1, 0.15) is 24.9 Å². The summed E-state index contributed by atoms with van der Waals surface area (Å²) in [5.41, 5.74) is 0. The average Bonchev–Trinajstić information content (AvgIpc) is 2.15. The van der Waals surface area contributed by atoms with E-state index in [-0.39, 0.29) is 6.61 Å². The van der Waals surface area contributed by atoms with Crippen LogP contribution < -0.4 is 0 Å². The molecule has 6 heteroatoms. The first-order valence-corrected chi connectivity index (χ1v) is 3.91. The van der Waals surface area contributed by atoms with Gasteiger partial charge in [-0.05, 0) is 0 Å². The SMILES string of the molecule is COC1(O)COC(CO)C(O)C1O. The maximum atomic E-state index is 9.49. The Bertz CT molecular complexity index is 174. The van der Waals surface area contributed by atoms with Crippen molar-refractivity contribution in [1.82, 2.24) is 0 Å². The number of hydrogen-bond donors (Lipinski definition) is 4. The van der Waals surface area contributed by atoms with E-state index in [4.69, 9.17) is 9.84 Å². The zero-order valence-electron chi connectivity index (χ0n) is 7.25. The Morgan fingerprint density at radius 1 is 1.54 bits per heavy atom. The van der Waals surface area contributed by atoms with Gasteiger partial charge in [-0.15, -0.1) is 0 Å². The van der Waals surface area contributed by atoms with Crippen molar-refractivity contribution in [2.75, 3.05) is 20.3 Å². The molecule has 78 valence electrons. The first kappa shape index (κ1) is 10.8. The van der Waals surface area contributed by atoms with Gasteiger partial charge in [0, 0.05) is 7.11 Å². The zero-order valence-corrected chi connectivity index (χ0v) is 7.25. The van der Waals surface area contributed by atoms with Gasteiger partial charge in [-0.3, -0.25) is 0 Å². The number of hydrogen-bond acceptors (Lipinski definition) is 6. The van der Waals surface area contributed by atoms with E-state index >= 15 is 0 Å². The molecule has 1 fully saturated rings. The van der Waals surface area contributed by atoms with Crippen LogP contribution in [0.1, 0.15) is 0 Å². The van der Waals surface area contributed by atoms with Crippen molar-refractivity contribution in [3.8, 4) is 0 Å². The topological polar surface area (TPSA) is 99.4 Å². The fourth-order valence-electron chi connectivity index (χ4n) is 1.22. The maximum Gasteiger partial charge on any atom is 0.218 e. The van der Waals surface area contributed by atoms with Crippen molar-refractivity contribution in [2.24, 2.45) is 0 Å². The average molecular weight is 194 g/mol. The molecule has 4 N–H and O–H groups in total. The molecule has 4 atom stereocenters. The summed E-state index contributed by atoms with van der Waals surface area (Å²) in [6, 6.07) is 0. The summed E-state index contributed by atoms with van der Waals surface area (Å²) in [5.74, 6) is -1.90. The molecular formula is C7H14O6. The molecule has 0 bridgehead atoms. The quantitative estimate of drug-likeness (QED) is 0.361. The minimum absolute atomic E-state index is 0.285. The van der Waals surface area contributed by atoms with Crippen molar-refractivity contribution in [2.45, 2.75) is 24.1 Å². The van der Waals surface area contributed by atoms with Crippen LogP contribution in [0.15, 0.2) is 0 Å². The highest BCUT2D eigenvalue weighted by molar-refractivity contribution is 4.91. The van der Waals surface area contributed by atoms with Gasteiger partial charge in [0.2, 0.25) is 5.79 Å². The summed E-state index contributed by atoms with van der Waals surface area (Å²) < 4.78 is 9.47. The monoisotopic (exact) mass is 194 g/mol. The molecule has 1 saturated heterocycles. The van der Waals surface area contributed by atoms with Crippen LogP contribution >= 0.6 is 0 Å². The third-order valence-corrected chi connectivity index (χ3v) is 2.20. The molecule has 1 rings (SSSR count). The first-order chi connectivity index (χ1) is 6.05. The van der Waals surface area contributed by atoms with Gasteiger partial charge in [-0.25, -0.2) is 0 Å². The van der Waals surface area contributed by atoms with Gasteiger partial charge in [-0.1, -0.05) is 0 Å². The largest absolute Gasteiger partial charge is 0.394 e. The fourth-order valence-corrected chi connectivity index (χ4v) is 1.22. The fraction of sp³-hybridized carbons (Fsp3) is 1.00. The molecule has 0 aliphatic carbocycles. The third kappa shape index (κ3) is 1.83. The standard InChI is InChI=1S/C7H14O6/c1-12-7(11)3-13-4(2-8)5(9)6(7)10/h4-6,8-11H,2-3H2,1H3. The number of ether oxygens (including phenoxy) is 2. The van der Waals surface area contributed by atoms with Crippen molar-refractivity contribution in [3.63, 3.8) is 0 Å². The van der Waals surface area contributed by atoms with Crippen LogP contribution in [0.5, 0.6) is 0 Å². The molecule has 0 amide bonds. The minimum Gasteiger partial charge on any atom is -0.394 e. The molecule has 1 heterocycles. The summed E-state index contributed by atoms with van der Waals surface area (Å²) in [6.45, 7) is -0.703. The second-order valence-electron chi connectivity index (χ2n) is 3.02. The molecule has 0 saturated carbocycles. The highest BCUT2D eigenvalue weighted by Crippen LogP contribution is 2.24. The molecule has 0 aromatic heterocycles. The first-order valence-electron chi connectivity index (χ1n) is 3.91. The molecule has 13 heavy (non-hydrogen) atoms. The second kappa shape index (κ2) is 3.87. The van der Waals surface area contributed by atoms with E-state index in [1.165, 1.54) is 7.11 Å². The lowest BCUT2D eigenvalue weighted by Crippen LogP contribution is -2.62. The van der Waals surface area contributed by atoms with Gasteiger partial charge in [0.05, 0.1) is 6.61 Å². The van der Waals surface area contributed by atoms with Crippen molar-refractivity contribution >= 4 is 0 Å². The molecule has 0 spiro atoms. The Hall–Kier alpha value is -0.240. The Morgan fingerprint density at radius 3 is 2.62 bits per heavy atom. The van der Waals surface area contributed by atoms with Crippen LogP contribution in [0, 0.1) is 0 Å². The Morgan fingerprint density at radius 2 is 2.15 bits per heavy atom. The smallest absolute Gasteiger partial charge is 0.218 e. The van der Waals surface area contributed by atoms with Crippen LogP contribution in [0.2, 0.25) is 0 Å². The van der Waals surface area contributed by atoms with Gasteiger partial charge < -0.3 is 29.9 Å². The third-order valence-electron chi connectivity index (χ3n) is 2.20. The molecule has 0 aromatic carbocycles. The predicted molar refractivity (Wildman–Crippen MR) is 40.8 cm³/mol. The van der Waals surface area contributed by atoms with Gasteiger partial charge in [-0.2, -0.15) is 0 Å².